The Kier molecular flexibility index (Phi) is 10.9. The number of primary amides is 1. The number of carbonyl (C=O) groups excluding carboxylic acids is 2. The number of nitrogens with two attached hydrogens (primary N) is 1. The second-order valence-electron chi connectivity index (χ2n) is 13.8. The molecule has 0 spiro atoms. The zero-order chi connectivity index (χ0) is 39.5. The van der Waals surface area contributed by atoms with E-state index in [1.54, 1.807) is 42.2 Å². The normalized spacial score (nSPS) is 12.7. The number of halogens is 3. The third kappa shape index (κ3) is 7.62. The van der Waals surface area contributed by atoms with Crippen molar-refractivity contribution in [1.82, 2.24) is 14.5 Å². The first-order valence-corrected chi connectivity index (χ1v) is 19.2. The fraction of sp³-hybridized carbons (Fsp3) is 0.174. The van der Waals surface area contributed by atoms with Crippen molar-refractivity contribution in [3.63, 3.8) is 0 Å². The van der Waals surface area contributed by atoms with E-state index in [0.717, 1.165) is 74.9 Å². The fourth-order valence-corrected chi connectivity index (χ4v) is 8.51. The Morgan fingerprint density at radius 1 is 0.804 bits per heavy atom. The SMILES string of the molecule is CC(=O)c1ccccc1-c1ccc(C(F)(F)F)cc1.Cc1ccc2nc(SCc3cccnc3)n(CCCC3(C(N)=O)c4ccccc4-c4ccccc43)c2c1. The Hall–Kier alpha value is -6.00. The summed E-state index contributed by atoms with van der Waals surface area (Å²) in [5, 5.41) is 0.977. The molecule has 0 aliphatic heterocycles. The van der Waals surface area contributed by atoms with Crippen LogP contribution in [0.3, 0.4) is 0 Å². The number of rotatable bonds is 10. The average molecular weight is 769 g/mol. The molecule has 2 N–H and O–H groups in total. The van der Waals surface area contributed by atoms with Crippen LogP contribution in [0, 0.1) is 6.92 Å². The molecular weight excluding hydrogens is 730 g/mol. The van der Waals surface area contributed by atoms with Gasteiger partial charge in [0.15, 0.2) is 10.9 Å². The predicted molar refractivity (Wildman–Crippen MR) is 216 cm³/mol. The van der Waals surface area contributed by atoms with Crippen LogP contribution in [-0.2, 0) is 28.7 Å². The summed E-state index contributed by atoms with van der Waals surface area (Å²) in [4.78, 5) is 33.9. The Morgan fingerprint density at radius 2 is 1.45 bits per heavy atom. The van der Waals surface area contributed by atoms with E-state index in [0.29, 0.717) is 23.1 Å². The molecule has 0 fully saturated rings. The molecule has 0 saturated heterocycles. The highest BCUT2D eigenvalue weighted by molar-refractivity contribution is 7.98. The van der Waals surface area contributed by atoms with Gasteiger partial charge in [-0.1, -0.05) is 109 Å². The van der Waals surface area contributed by atoms with E-state index in [-0.39, 0.29) is 11.7 Å². The number of carbonyl (C=O) groups is 2. The molecule has 56 heavy (non-hydrogen) atoms. The number of aryl methyl sites for hydroxylation is 2. The lowest BCUT2D eigenvalue weighted by molar-refractivity contribution is -0.137. The number of hydrogen-bond acceptors (Lipinski definition) is 5. The molecule has 1 aliphatic carbocycles. The van der Waals surface area contributed by atoms with E-state index in [9.17, 15) is 22.8 Å². The summed E-state index contributed by atoms with van der Waals surface area (Å²) in [5.74, 6) is 0.389. The van der Waals surface area contributed by atoms with E-state index in [1.165, 1.54) is 24.6 Å². The number of aromatic nitrogens is 3. The lowest BCUT2D eigenvalue weighted by Crippen LogP contribution is -2.41. The predicted octanol–water partition coefficient (Wildman–Crippen LogP) is 10.8. The van der Waals surface area contributed by atoms with Gasteiger partial charge in [0.05, 0.1) is 22.0 Å². The third-order valence-corrected chi connectivity index (χ3v) is 11.3. The van der Waals surface area contributed by atoms with Gasteiger partial charge in [0.1, 0.15) is 0 Å². The summed E-state index contributed by atoms with van der Waals surface area (Å²) in [7, 11) is 0. The number of pyridine rings is 1. The van der Waals surface area contributed by atoms with E-state index in [2.05, 4.69) is 65.0 Å². The van der Waals surface area contributed by atoms with Crippen LogP contribution in [0.2, 0.25) is 0 Å². The average Bonchev–Trinajstić information content (AvgIpc) is 3.70. The zero-order valence-corrected chi connectivity index (χ0v) is 31.7. The molecule has 282 valence electrons. The molecule has 0 radical (unpaired) electrons. The maximum Gasteiger partial charge on any atom is 0.416 e. The second-order valence-corrected chi connectivity index (χ2v) is 14.8. The minimum absolute atomic E-state index is 0.115. The van der Waals surface area contributed by atoms with Crippen LogP contribution in [0.4, 0.5) is 13.2 Å². The number of hydrogen-bond donors (Lipinski definition) is 1. The molecule has 2 aromatic heterocycles. The minimum Gasteiger partial charge on any atom is -0.369 e. The number of Topliss-reactive ketones (excluding diaryl/α,β-unsaturated/α-hetero) is 1. The highest BCUT2D eigenvalue weighted by atomic mass is 32.2. The van der Waals surface area contributed by atoms with Crippen molar-refractivity contribution in [1.29, 1.82) is 0 Å². The van der Waals surface area contributed by atoms with Crippen molar-refractivity contribution < 1.29 is 22.8 Å². The van der Waals surface area contributed by atoms with Gasteiger partial charge in [0.25, 0.3) is 0 Å². The molecule has 2 heterocycles. The minimum atomic E-state index is -4.35. The van der Waals surface area contributed by atoms with Gasteiger partial charge in [-0.15, -0.1) is 0 Å². The van der Waals surface area contributed by atoms with E-state index >= 15 is 0 Å². The number of nitrogens with zero attached hydrogens (tertiary/aromatic N) is 3. The second kappa shape index (κ2) is 16.0. The fourth-order valence-electron chi connectivity index (χ4n) is 7.53. The molecule has 5 aromatic carbocycles. The highest BCUT2D eigenvalue weighted by Crippen LogP contribution is 2.51. The van der Waals surface area contributed by atoms with Crippen molar-refractivity contribution in [3.05, 3.63) is 173 Å². The summed E-state index contributed by atoms with van der Waals surface area (Å²) < 4.78 is 39.7. The van der Waals surface area contributed by atoms with Gasteiger partial charge in [-0.3, -0.25) is 14.6 Å². The number of fused-ring (bicyclic) bond motifs is 4. The largest absolute Gasteiger partial charge is 0.416 e. The van der Waals surface area contributed by atoms with Crippen LogP contribution in [0.15, 0.2) is 145 Å². The van der Waals surface area contributed by atoms with Crippen molar-refractivity contribution in [2.75, 3.05) is 0 Å². The summed E-state index contributed by atoms with van der Waals surface area (Å²) in [6.45, 7) is 4.28. The summed E-state index contributed by atoms with van der Waals surface area (Å²) in [6.07, 6.45) is 0.758. The van der Waals surface area contributed by atoms with Crippen LogP contribution in [0.1, 0.15) is 57.9 Å². The van der Waals surface area contributed by atoms with E-state index in [1.807, 2.05) is 36.5 Å². The summed E-state index contributed by atoms with van der Waals surface area (Å²) in [6, 6.07) is 38.5. The molecule has 0 atom stereocenters. The quantitative estimate of drug-likeness (QED) is 0.111. The number of alkyl halides is 3. The van der Waals surface area contributed by atoms with Gasteiger partial charge < -0.3 is 10.3 Å². The van der Waals surface area contributed by atoms with Crippen LogP contribution >= 0.6 is 11.8 Å². The van der Waals surface area contributed by atoms with Crippen molar-refractivity contribution in [3.8, 4) is 22.3 Å². The molecule has 7 aromatic rings. The number of amides is 1. The van der Waals surface area contributed by atoms with Gasteiger partial charge in [-0.05, 0) is 102 Å². The number of imidazole rings is 1. The highest BCUT2D eigenvalue weighted by Gasteiger charge is 2.47. The Balaban J connectivity index is 0.000000213. The first-order valence-electron chi connectivity index (χ1n) is 18.2. The van der Waals surface area contributed by atoms with Gasteiger partial charge in [0, 0.05) is 30.3 Å². The molecule has 10 heteroatoms. The molecule has 0 saturated carbocycles. The van der Waals surface area contributed by atoms with E-state index < -0.39 is 17.2 Å². The van der Waals surface area contributed by atoms with Crippen molar-refractivity contribution >= 4 is 34.5 Å². The topological polar surface area (TPSA) is 90.9 Å². The molecule has 1 aliphatic rings. The van der Waals surface area contributed by atoms with Gasteiger partial charge in [-0.2, -0.15) is 13.2 Å². The standard InChI is InChI=1S/C31H28N4OS.C15H11F3O/c1-21-13-14-27-28(18-21)35(30(34-27)37-20-22-8-6-16-33-19-22)17-7-15-31(29(32)36)25-11-4-2-9-23(25)24-10-3-5-12-26(24)31;1-10(19)13-4-2-3-5-14(13)11-6-8-12(9-7-11)15(16,17)18/h2-6,8-14,16,18-19H,7,15,17,20H2,1H3,(H2,32,36);2-9H,1H3. The van der Waals surface area contributed by atoms with Gasteiger partial charge >= 0.3 is 6.18 Å². The lowest BCUT2D eigenvalue weighted by Gasteiger charge is -2.29. The van der Waals surface area contributed by atoms with Gasteiger partial charge in [-0.25, -0.2) is 4.98 Å². The summed E-state index contributed by atoms with van der Waals surface area (Å²) >= 11 is 1.72. The number of thioether (sulfide) groups is 1. The molecule has 0 unspecified atom stereocenters. The van der Waals surface area contributed by atoms with Crippen LogP contribution in [0.5, 0.6) is 0 Å². The van der Waals surface area contributed by atoms with Crippen LogP contribution in [-0.4, -0.2) is 26.2 Å². The molecule has 0 bridgehead atoms. The first kappa shape index (κ1) is 38.3. The summed E-state index contributed by atoms with van der Waals surface area (Å²) in [5.41, 5.74) is 15.1. The molecule has 1 amide bonds. The van der Waals surface area contributed by atoms with Crippen LogP contribution in [0.25, 0.3) is 33.3 Å². The Bertz CT molecular complexity index is 2490. The first-order chi connectivity index (χ1) is 27.0. The lowest BCUT2D eigenvalue weighted by atomic mass is 9.74. The number of benzene rings is 5. The third-order valence-electron chi connectivity index (χ3n) is 10.2. The van der Waals surface area contributed by atoms with Crippen molar-refractivity contribution in [2.24, 2.45) is 5.73 Å². The smallest absolute Gasteiger partial charge is 0.369 e. The zero-order valence-electron chi connectivity index (χ0n) is 30.9. The Morgan fingerprint density at radius 3 is 2.05 bits per heavy atom. The maximum absolute atomic E-state index is 13.2. The molecular formula is C46H39F3N4O2S. The molecule has 8 rings (SSSR count). The number of ketones is 1. The van der Waals surface area contributed by atoms with Crippen molar-refractivity contribution in [2.45, 2.75) is 55.7 Å². The van der Waals surface area contributed by atoms with Gasteiger partial charge in [0.2, 0.25) is 5.91 Å². The van der Waals surface area contributed by atoms with E-state index in [4.69, 9.17) is 10.7 Å². The molecule has 6 nitrogen and oxygen atoms in total. The monoisotopic (exact) mass is 768 g/mol. The Labute approximate surface area is 327 Å². The maximum atomic E-state index is 13.2. The van der Waals surface area contributed by atoms with Crippen LogP contribution < -0.4 is 5.73 Å².